The van der Waals surface area contributed by atoms with E-state index < -0.39 is 52.7 Å². The molecule has 1 aromatic heterocycles. The Hall–Kier alpha value is -4.78. The van der Waals surface area contributed by atoms with Crippen LogP contribution in [0.5, 0.6) is 5.75 Å². The number of aromatic nitrogens is 2. The molecule has 0 aliphatic rings. The van der Waals surface area contributed by atoms with Crippen LogP contribution in [0.4, 0.5) is 22.0 Å². The van der Waals surface area contributed by atoms with E-state index in [1.54, 1.807) is 30.3 Å². The van der Waals surface area contributed by atoms with Crippen LogP contribution in [0.2, 0.25) is 0 Å². The van der Waals surface area contributed by atoms with Crippen LogP contribution in [0.1, 0.15) is 49.1 Å². The first kappa shape index (κ1) is 38.4. The van der Waals surface area contributed by atoms with E-state index >= 15 is 4.39 Å². The molecule has 13 heteroatoms. The minimum absolute atomic E-state index is 0.112. The molecule has 0 fully saturated rings. The number of benzene rings is 3. The molecule has 47 heavy (non-hydrogen) atoms. The van der Waals surface area contributed by atoms with Gasteiger partial charge in [-0.2, -0.15) is 13.2 Å². The van der Waals surface area contributed by atoms with E-state index in [-0.39, 0.29) is 42.0 Å². The summed E-state index contributed by atoms with van der Waals surface area (Å²) in [4.78, 5) is 36.8. The zero-order valence-corrected chi connectivity index (χ0v) is 26.5. The molecule has 0 saturated carbocycles. The Kier molecular flexibility index (Phi) is 14.5. The quantitative estimate of drug-likeness (QED) is 0.189. The summed E-state index contributed by atoms with van der Waals surface area (Å²) in [7, 11) is 1.24. The third kappa shape index (κ3) is 9.85. The van der Waals surface area contributed by atoms with E-state index in [0.29, 0.717) is 19.0 Å². The van der Waals surface area contributed by atoms with Gasteiger partial charge in [-0.1, -0.05) is 62.4 Å². The molecule has 0 aliphatic heterocycles. The summed E-state index contributed by atoms with van der Waals surface area (Å²) in [6, 6.07) is 15.5. The fourth-order valence-corrected chi connectivity index (χ4v) is 4.64. The Morgan fingerprint density at radius 2 is 1.57 bits per heavy atom. The Bertz CT molecular complexity index is 1750. The van der Waals surface area contributed by atoms with Gasteiger partial charge in [-0.3, -0.25) is 18.7 Å². The third-order valence-electron chi connectivity index (χ3n) is 6.94. The molecule has 0 amide bonds. The SMILES string of the molecule is CC.COc1cccc(-c2c(C)n(Cc3c(F)cccc3C(F)(F)F)c(=O)n(CCc3ccccc3)c2=O)c1F.NCCCC(=O)O. The van der Waals surface area contributed by atoms with Gasteiger partial charge in [0.2, 0.25) is 0 Å². The summed E-state index contributed by atoms with van der Waals surface area (Å²) in [6.07, 6.45) is -3.88. The lowest BCUT2D eigenvalue weighted by Crippen LogP contribution is -2.43. The van der Waals surface area contributed by atoms with E-state index in [0.717, 1.165) is 26.8 Å². The number of aliphatic carboxylic acids is 1. The van der Waals surface area contributed by atoms with E-state index in [2.05, 4.69) is 0 Å². The highest BCUT2D eigenvalue weighted by atomic mass is 19.4. The van der Waals surface area contributed by atoms with Crippen molar-refractivity contribution >= 4 is 5.97 Å². The molecule has 0 aliphatic carbocycles. The fourth-order valence-electron chi connectivity index (χ4n) is 4.64. The fraction of sp³-hybridized carbons (Fsp3) is 0.324. The van der Waals surface area contributed by atoms with Gasteiger partial charge in [-0.05, 0) is 50.1 Å². The highest BCUT2D eigenvalue weighted by Gasteiger charge is 2.35. The van der Waals surface area contributed by atoms with Crippen molar-refractivity contribution in [2.24, 2.45) is 5.73 Å². The summed E-state index contributed by atoms with van der Waals surface area (Å²) in [6.45, 7) is 4.82. The van der Waals surface area contributed by atoms with Crippen molar-refractivity contribution in [1.29, 1.82) is 0 Å². The second-order valence-corrected chi connectivity index (χ2v) is 9.89. The predicted octanol–water partition coefficient (Wildman–Crippen LogP) is 6.42. The van der Waals surface area contributed by atoms with Crippen molar-refractivity contribution in [1.82, 2.24) is 9.13 Å². The number of carboxylic acids is 1. The normalized spacial score (nSPS) is 10.8. The molecule has 4 aromatic rings. The van der Waals surface area contributed by atoms with E-state index in [9.17, 15) is 31.9 Å². The first-order valence-electron chi connectivity index (χ1n) is 14.8. The van der Waals surface area contributed by atoms with Crippen LogP contribution >= 0.6 is 0 Å². The van der Waals surface area contributed by atoms with Crippen molar-refractivity contribution in [2.75, 3.05) is 13.7 Å². The number of aryl methyl sites for hydroxylation is 1. The van der Waals surface area contributed by atoms with Crippen LogP contribution in [-0.2, 0) is 30.5 Å². The second-order valence-electron chi connectivity index (χ2n) is 9.89. The lowest BCUT2D eigenvalue weighted by molar-refractivity contribution is -0.138. The average Bonchev–Trinajstić information content (AvgIpc) is 3.04. The number of methoxy groups -OCH3 is 1. The summed E-state index contributed by atoms with van der Waals surface area (Å²) >= 11 is 0. The lowest BCUT2D eigenvalue weighted by atomic mass is 10.0. The van der Waals surface area contributed by atoms with Gasteiger partial charge in [0.05, 0.1) is 24.8 Å². The first-order valence-corrected chi connectivity index (χ1v) is 14.8. The average molecular weight is 664 g/mol. The van der Waals surface area contributed by atoms with Gasteiger partial charge in [0, 0.05) is 29.8 Å². The van der Waals surface area contributed by atoms with Gasteiger partial charge >= 0.3 is 17.8 Å². The van der Waals surface area contributed by atoms with Gasteiger partial charge in [-0.15, -0.1) is 0 Å². The third-order valence-corrected chi connectivity index (χ3v) is 6.94. The van der Waals surface area contributed by atoms with E-state index in [1.165, 1.54) is 32.2 Å². The maximum Gasteiger partial charge on any atom is 0.416 e. The van der Waals surface area contributed by atoms with Crippen LogP contribution in [0.25, 0.3) is 11.1 Å². The number of carboxylic acid groups (broad SMARTS) is 1. The summed E-state index contributed by atoms with van der Waals surface area (Å²) in [5.74, 6) is -2.98. The minimum Gasteiger partial charge on any atom is -0.494 e. The minimum atomic E-state index is -4.89. The van der Waals surface area contributed by atoms with E-state index in [1.807, 2.05) is 13.8 Å². The number of alkyl halides is 3. The number of halogens is 5. The van der Waals surface area contributed by atoms with Gasteiger partial charge in [0.25, 0.3) is 5.56 Å². The monoisotopic (exact) mass is 663 g/mol. The second kappa shape index (κ2) is 17.8. The molecule has 0 spiro atoms. The van der Waals surface area contributed by atoms with Crippen LogP contribution in [0, 0.1) is 18.6 Å². The molecule has 0 radical (unpaired) electrons. The van der Waals surface area contributed by atoms with Crippen LogP contribution < -0.4 is 21.7 Å². The summed E-state index contributed by atoms with van der Waals surface area (Å²) in [5, 5.41) is 7.99. The Balaban J connectivity index is 0.000000756. The molecule has 8 nitrogen and oxygen atoms in total. The number of ether oxygens (including phenoxy) is 1. The largest absolute Gasteiger partial charge is 0.494 e. The standard InChI is InChI=1S/C28H23F5N2O3.C4H9NO2.C2H6/c1-17-24(19-10-6-13-23(38-2)25(19)30)26(36)34(15-14-18-8-4-3-5-9-18)27(37)35(17)16-20-21(28(31,32)33)11-7-12-22(20)29;5-3-1-2-4(6)7;1-2/h3-13H,14-16H2,1-2H3;1-3,5H2,(H,6,7);1-2H3. The van der Waals surface area contributed by atoms with Crippen molar-refractivity contribution < 1.29 is 36.6 Å². The Morgan fingerprint density at radius 3 is 2.13 bits per heavy atom. The van der Waals surface area contributed by atoms with Gasteiger partial charge in [0.15, 0.2) is 11.6 Å². The summed E-state index contributed by atoms with van der Waals surface area (Å²) in [5.41, 5.74) is 1.49. The van der Waals surface area contributed by atoms with Gasteiger partial charge in [-0.25, -0.2) is 13.6 Å². The number of rotatable bonds is 10. The van der Waals surface area contributed by atoms with Crippen molar-refractivity contribution in [3.05, 3.63) is 122 Å². The molecule has 0 atom stereocenters. The molecule has 3 N–H and O–H groups in total. The zero-order chi connectivity index (χ0) is 35.3. The maximum absolute atomic E-state index is 15.3. The van der Waals surface area contributed by atoms with Gasteiger partial charge in [0.1, 0.15) is 5.82 Å². The van der Waals surface area contributed by atoms with Crippen LogP contribution in [0.15, 0.2) is 76.3 Å². The molecule has 1 heterocycles. The smallest absolute Gasteiger partial charge is 0.416 e. The maximum atomic E-state index is 15.3. The number of hydrogen-bond acceptors (Lipinski definition) is 5. The molecular formula is C34H38F5N3O5. The van der Waals surface area contributed by atoms with Crippen molar-refractivity contribution in [3.63, 3.8) is 0 Å². The van der Waals surface area contributed by atoms with Crippen LogP contribution in [-0.4, -0.2) is 33.9 Å². The zero-order valence-electron chi connectivity index (χ0n) is 26.5. The number of nitrogens with zero attached hydrogens (tertiary/aromatic N) is 2. The predicted molar refractivity (Wildman–Crippen MR) is 170 cm³/mol. The Labute approximate surface area is 268 Å². The highest BCUT2D eigenvalue weighted by Crippen LogP contribution is 2.34. The van der Waals surface area contributed by atoms with Crippen molar-refractivity contribution in [3.8, 4) is 16.9 Å². The summed E-state index contributed by atoms with van der Waals surface area (Å²) < 4.78 is 77.8. The van der Waals surface area contributed by atoms with Gasteiger partial charge < -0.3 is 15.6 Å². The number of hydrogen-bond donors (Lipinski definition) is 2. The Morgan fingerprint density at radius 1 is 0.936 bits per heavy atom. The topological polar surface area (TPSA) is 117 Å². The molecule has 0 bridgehead atoms. The number of carbonyl (C=O) groups is 1. The molecule has 0 saturated heterocycles. The molecule has 3 aromatic carbocycles. The molecule has 4 rings (SSSR count). The van der Waals surface area contributed by atoms with E-state index in [4.69, 9.17) is 15.6 Å². The molecule has 0 unspecified atom stereocenters. The highest BCUT2D eigenvalue weighted by molar-refractivity contribution is 5.67. The lowest BCUT2D eigenvalue weighted by Gasteiger charge is -2.20. The van der Waals surface area contributed by atoms with Crippen molar-refractivity contribution in [2.45, 2.75) is 59.3 Å². The van der Waals surface area contributed by atoms with Crippen LogP contribution in [0.3, 0.4) is 0 Å². The molecular weight excluding hydrogens is 625 g/mol. The number of nitrogens with two attached hydrogens (primary N) is 1. The molecule has 254 valence electrons. The first-order chi connectivity index (χ1) is 22.3.